The summed E-state index contributed by atoms with van der Waals surface area (Å²) in [6.07, 6.45) is 1.95. The first-order chi connectivity index (χ1) is 7.27. The third-order valence-corrected chi connectivity index (χ3v) is 2.91. The molecule has 0 saturated carbocycles. The lowest BCUT2D eigenvalue weighted by Gasteiger charge is -2.08. The van der Waals surface area contributed by atoms with Crippen LogP contribution in [0, 0.1) is 6.92 Å². The summed E-state index contributed by atoms with van der Waals surface area (Å²) >= 11 is 0. The van der Waals surface area contributed by atoms with Gasteiger partial charge in [0.05, 0.1) is 0 Å². The number of aldehydes is 1. The van der Waals surface area contributed by atoms with Crippen LogP contribution in [0.5, 0.6) is 0 Å². The standard InChI is InChI=1S/C14H14O/c1-3-11-5-4-6-13-12(11)8-7-10(2)14(13)9-15/h4-9H,3H2,1-2H3. The zero-order valence-corrected chi connectivity index (χ0v) is 9.08. The van der Waals surface area contributed by atoms with Crippen LogP contribution in [0.4, 0.5) is 0 Å². The van der Waals surface area contributed by atoms with E-state index < -0.39 is 0 Å². The molecule has 1 nitrogen and oxygen atoms in total. The fraction of sp³-hybridized carbons (Fsp3) is 0.214. The lowest BCUT2D eigenvalue weighted by Crippen LogP contribution is -1.91. The molecule has 0 spiro atoms. The number of hydrogen-bond donors (Lipinski definition) is 0. The van der Waals surface area contributed by atoms with Crippen LogP contribution in [-0.2, 0) is 6.42 Å². The van der Waals surface area contributed by atoms with E-state index in [0.717, 1.165) is 29.2 Å². The molecule has 0 fully saturated rings. The quantitative estimate of drug-likeness (QED) is 0.675. The van der Waals surface area contributed by atoms with Crippen molar-refractivity contribution in [2.75, 3.05) is 0 Å². The van der Waals surface area contributed by atoms with Crippen molar-refractivity contribution in [2.24, 2.45) is 0 Å². The summed E-state index contributed by atoms with van der Waals surface area (Å²) in [5.74, 6) is 0. The largest absolute Gasteiger partial charge is 0.298 e. The Morgan fingerprint density at radius 2 is 1.93 bits per heavy atom. The third kappa shape index (κ3) is 1.54. The Kier molecular flexibility index (Phi) is 2.55. The van der Waals surface area contributed by atoms with Crippen molar-refractivity contribution >= 4 is 17.1 Å². The van der Waals surface area contributed by atoms with Crippen molar-refractivity contribution in [1.82, 2.24) is 0 Å². The van der Waals surface area contributed by atoms with Crippen LogP contribution in [-0.4, -0.2) is 6.29 Å². The number of benzene rings is 2. The van der Waals surface area contributed by atoms with Gasteiger partial charge in [-0.1, -0.05) is 37.3 Å². The number of rotatable bonds is 2. The third-order valence-electron chi connectivity index (χ3n) is 2.91. The minimum atomic E-state index is 0.822. The molecule has 15 heavy (non-hydrogen) atoms. The van der Waals surface area contributed by atoms with Crippen LogP contribution in [0.1, 0.15) is 28.4 Å². The Balaban J connectivity index is 2.88. The van der Waals surface area contributed by atoms with Gasteiger partial charge in [0.25, 0.3) is 0 Å². The highest BCUT2D eigenvalue weighted by Gasteiger charge is 2.05. The van der Waals surface area contributed by atoms with Gasteiger partial charge in [0.2, 0.25) is 0 Å². The molecular formula is C14H14O. The minimum absolute atomic E-state index is 0.822. The zero-order valence-electron chi connectivity index (χ0n) is 9.08. The molecule has 2 aromatic rings. The predicted octanol–water partition coefficient (Wildman–Crippen LogP) is 3.52. The second kappa shape index (κ2) is 3.85. The van der Waals surface area contributed by atoms with Crippen molar-refractivity contribution in [2.45, 2.75) is 20.3 Å². The molecule has 0 aliphatic rings. The Morgan fingerprint density at radius 3 is 2.60 bits per heavy atom. The Morgan fingerprint density at radius 1 is 1.13 bits per heavy atom. The highest BCUT2D eigenvalue weighted by atomic mass is 16.1. The molecule has 0 saturated heterocycles. The first-order valence-electron chi connectivity index (χ1n) is 5.24. The van der Waals surface area contributed by atoms with E-state index in [9.17, 15) is 4.79 Å². The number of fused-ring (bicyclic) bond motifs is 1. The number of carbonyl (C=O) groups is 1. The highest BCUT2D eigenvalue weighted by Crippen LogP contribution is 2.24. The molecule has 0 atom stereocenters. The van der Waals surface area contributed by atoms with Gasteiger partial charge in [-0.25, -0.2) is 0 Å². The van der Waals surface area contributed by atoms with Crippen molar-refractivity contribution in [3.63, 3.8) is 0 Å². The monoisotopic (exact) mass is 198 g/mol. The molecule has 0 aromatic heterocycles. The summed E-state index contributed by atoms with van der Waals surface area (Å²) < 4.78 is 0. The smallest absolute Gasteiger partial charge is 0.150 e. The van der Waals surface area contributed by atoms with Crippen molar-refractivity contribution in [3.05, 3.63) is 47.0 Å². The summed E-state index contributed by atoms with van der Waals surface area (Å²) in [4.78, 5) is 11.0. The molecule has 0 N–H and O–H groups in total. The fourth-order valence-corrected chi connectivity index (χ4v) is 2.02. The minimum Gasteiger partial charge on any atom is -0.298 e. The lowest BCUT2D eigenvalue weighted by molar-refractivity contribution is 0.112. The van der Waals surface area contributed by atoms with Crippen LogP contribution in [0.3, 0.4) is 0 Å². The van der Waals surface area contributed by atoms with Gasteiger partial charge in [0.1, 0.15) is 0 Å². The van der Waals surface area contributed by atoms with Gasteiger partial charge in [-0.2, -0.15) is 0 Å². The van der Waals surface area contributed by atoms with E-state index in [1.807, 2.05) is 25.1 Å². The summed E-state index contributed by atoms with van der Waals surface area (Å²) in [7, 11) is 0. The second-order valence-electron chi connectivity index (χ2n) is 3.78. The number of carbonyl (C=O) groups excluding carboxylic acids is 1. The SMILES string of the molecule is CCc1cccc2c(C=O)c(C)ccc12. The van der Waals surface area contributed by atoms with Crippen LogP contribution >= 0.6 is 0 Å². The predicted molar refractivity (Wildman–Crippen MR) is 63.5 cm³/mol. The molecule has 2 rings (SSSR count). The molecule has 0 bridgehead atoms. The Labute approximate surface area is 89.7 Å². The van der Waals surface area contributed by atoms with Gasteiger partial charge in [-0.15, -0.1) is 0 Å². The molecule has 2 aromatic carbocycles. The van der Waals surface area contributed by atoms with Gasteiger partial charge < -0.3 is 0 Å². The lowest BCUT2D eigenvalue weighted by atomic mass is 9.96. The summed E-state index contributed by atoms with van der Waals surface area (Å²) in [5, 5.41) is 2.28. The van der Waals surface area contributed by atoms with Crippen LogP contribution in [0.15, 0.2) is 30.3 Å². The zero-order chi connectivity index (χ0) is 10.8. The Bertz CT molecular complexity index is 512. The molecule has 0 aliphatic heterocycles. The van der Waals surface area contributed by atoms with Crippen LogP contribution < -0.4 is 0 Å². The molecule has 0 unspecified atom stereocenters. The highest BCUT2D eigenvalue weighted by molar-refractivity contribution is 6.00. The van der Waals surface area contributed by atoms with E-state index in [1.165, 1.54) is 10.9 Å². The topological polar surface area (TPSA) is 17.1 Å². The molecule has 76 valence electrons. The number of aryl methyl sites for hydroxylation is 2. The maximum atomic E-state index is 11.0. The first kappa shape index (κ1) is 9.91. The van der Waals surface area contributed by atoms with Gasteiger partial charge in [0, 0.05) is 5.56 Å². The molecule has 0 amide bonds. The summed E-state index contributed by atoms with van der Waals surface area (Å²) in [6.45, 7) is 4.11. The Hall–Kier alpha value is -1.63. The molecule has 0 aliphatic carbocycles. The van der Waals surface area contributed by atoms with Gasteiger partial charge in [-0.3, -0.25) is 4.79 Å². The van der Waals surface area contributed by atoms with Gasteiger partial charge in [0.15, 0.2) is 6.29 Å². The first-order valence-corrected chi connectivity index (χ1v) is 5.24. The summed E-state index contributed by atoms with van der Waals surface area (Å²) in [6, 6.07) is 10.3. The maximum Gasteiger partial charge on any atom is 0.150 e. The van der Waals surface area contributed by atoms with Gasteiger partial charge >= 0.3 is 0 Å². The number of hydrogen-bond acceptors (Lipinski definition) is 1. The average Bonchev–Trinajstić information content (AvgIpc) is 2.28. The van der Waals surface area contributed by atoms with Gasteiger partial charge in [-0.05, 0) is 35.2 Å². The summed E-state index contributed by atoms with van der Waals surface area (Å²) in [5.41, 5.74) is 3.17. The average molecular weight is 198 g/mol. The fourth-order valence-electron chi connectivity index (χ4n) is 2.02. The maximum absolute atomic E-state index is 11.0. The van der Waals surface area contributed by atoms with Crippen LogP contribution in [0.2, 0.25) is 0 Å². The van der Waals surface area contributed by atoms with E-state index in [1.54, 1.807) is 0 Å². The molecule has 1 heteroatoms. The van der Waals surface area contributed by atoms with Crippen molar-refractivity contribution in [1.29, 1.82) is 0 Å². The van der Waals surface area contributed by atoms with E-state index in [2.05, 4.69) is 19.1 Å². The normalized spacial score (nSPS) is 10.5. The van der Waals surface area contributed by atoms with E-state index >= 15 is 0 Å². The van der Waals surface area contributed by atoms with E-state index in [-0.39, 0.29) is 0 Å². The van der Waals surface area contributed by atoms with Crippen molar-refractivity contribution in [3.8, 4) is 0 Å². The molecule has 0 radical (unpaired) electrons. The van der Waals surface area contributed by atoms with E-state index in [0.29, 0.717) is 0 Å². The van der Waals surface area contributed by atoms with E-state index in [4.69, 9.17) is 0 Å². The second-order valence-corrected chi connectivity index (χ2v) is 3.78. The molecule has 0 heterocycles. The van der Waals surface area contributed by atoms with Crippen LogP contribution in [0.25, 0.3) is 10.8 Å². The van der Waals surface area contributed by atoms with Crippen molar-refractivity contribution < 1.29 is 4.79 Å². The molecular weight excluding hydrogens is 184 g/mol.